The van der Waals surface area contributed by atoms with Crippen molar-refractivity contribution >= 4 is 5.69 Å². The third kappa shape index (κ3) is 2.64. The molecule has 3 rings (SSSR count). The Bertz CT molecular complexity index is 509. The molecule has 0 atom stereocenters. The van der Waals surface area contributed by atoms with E-state index in [1.807, 2.05) is 0 Å². The number of nitrogens with zero attached hydrogens (tertiary/aromatic N) is 3. The lowest BCUT2D eigenvalue weighted by Gasteiger charge is -2.38. The number of benzene rings is 1. The van der Waals surface area contributed by atoms with Crippen molar-refractivity contribution in [3.63, 3.8) is 0 Å². The second-order valence-electron chi connectivity index (χ2n) is 5.73. The molecule has 0 unspecified atom stereocenters. The van der Waals surface area contributed by atoms with Gasteiger partial charge >= 0.3 is 0 Å². The molecule has 4 heteroatoms. The van der Waals surface area contributed by atoms with Gasteiger partial charge in [0.2, 0.25) is 0 Å². The fourth-order valence-electron chi connectivity index (χ4n) is 3.45. The molecular formula is C16H20FN3. The van der Waals surface area contributed by atoms with Crippen molar-refractivity contribution in [3.05, 3.63) is 29.6 Å². The van der Waals surface area contributed by atoms with E-state index in [4.69, 9.17) is 5.26 Å². The minimum Gasteiger partial charge on any atom is -0.370 e. The highest BCUT2D eigenvalue weighted by atomic mass is 19.1. The molecule has 2 aliphatic heterocycles. The quantitative estimate of drug-likeness (QED) is 0.830. The summed E-state index contributed by atoms with van der Waals surface area (Å²) in [7, 11) is 0. The molecule has 106 valence electrons. The van der Waals surface area contributed by atoms with Gasteiger partial charge in [-0.1, -0.05) is 0 Å². The lowest BCUT2D eigenvalue weighted by molar-refractivity contribution is 0.208. The molecule has 2 saturated heterocycles. The summed E-state index contributed by atoms with van der Waals surface area (Å²) < 4.78 is 13.2. The summed E-state index contributed by atoms with van der Waals surface area (Å²) in [5.41, 5.74) is 1.33. The highest BCUT2D eigenvalue weighted by molar-refractivity contribution is 5.59. The van der Waals surface area contributed by atoms with Crippen LogP contribution in [-0.4, -0.2) is 37.1 Å². The number of halogens is 1. The van der Waals surface area contributed by atoms with Crippen molar-refractivity contribution in [1.29, 1.82) is 5.26 Å². The SMILES string of the molecule is N#Cc1cc(F)ccc1N1CCC(N2CCCC2)CC1. The first-order valence-corrected chi connectivity index (χ1v) is 7.46. The van der Waals surface area contributed by atoms with Crippen molar-refractivity contribution in [3.8, 4) is 6.07 Å². The van der Waals surface area contributed by atoms with Gasteiger partial charge in [0.25, 0.3) is 0 Å². The van der Waals surface area contributed by atoms with Crippen molar-refractivity contribution < 1.29 is 4.39 Å². The molecule has 0 N–H and O–H groups in total. The van der Waals surface area contributed by atoms with E-state index in [0.717, 1.165) is 31.6 Å². The second-order valence-corrected chi connectivity index (χ2v) is 5.73. The molecule has 2 aliphatic rings. The van der Waals surface area contributed by atoms with Crippen LogP contribution in [0.25, 0.3) is 0 Å². The predicted octanol–water partition coefficient (Wildman–Crippen LogP) is 2.76. The maximum absolute atomic E-state index is 13.2. The molecule has 3 nitrogen and oxygen atoms in total. The lowest BCUT2D eigenvalue weighted by atomic mass is 10.0. The Balaban J connectivity index is 1.67. The van der Waals surface area contributed by atoms with Crippen LogP contribution in [0.3, 0.4) is 0 Å². The van der Waals surface area contributed by atoms with Crippen molar-refractivity contribution in [2.75, 3.05) is 31.1 Å². The Hall–Kier alpha value is -1.60. The van der Waals surface area contributed by atoms with Crippen LogP contribution >= 0.6 is 0 Å². The molecule has 2 fully saturated rings. The van der Waals surface area contributed by atoms with Crippen LogP contribution in [0, 0.1) is 17.1 Å². The number of likely N-dealkylation sites (tertiary alicyclic amines) is 1. The monoisotopic (exact) mass is 273 g/mol. The summed E-state index contributed by atoms with van der Waals surface area (Å²) in [5, 5.41) is 9.15. The third-order valence-corrected chi connectivity index (χ3v) is 4.54. The van der Waals surface area contributed by atoms with Crippen LogP contribution in [-0.2, 0) is 0 Å². The van der Waals surface area contributed by atoms with Crippen molar-refractivity contribution in [2.45, 2.75) is 31.7 Å². The smallest absolute Gasteiger partial charge is 0.124 e. The predicted molar refractivity (Wildman–Crippen MR) is 77.2 cm³/mol. The topological polar surface area (TPSA) is 30.3 Å². The molecule has 0 amide bonds. The fraction of sp³-hybridized carbons (Fsp3) is 0.562. The molecule has 1 aromatic carbocycles. The minimum atomic E-state index is -0.336. The standard InChI is InChI=1S/C16H20FN3/c17-14-3-4-16(13(11-14)12-18)20-9-5-15(6-10-20)19-7-1-2-8-19/h3-4,11,15H,1-2,5-10H2. The summed E-state index contributed by atoms with van der Waals surface area (Å²) in [6, 6.07) is 7.32. The van der Waals surface area contributed by atoms with E-state index in [9.17, 15) is 4.39 Å². The molecule has 20 heavy (non-hydrogen) atoms. The van der Waals surface area contributed by atoms with Gasteiger partial charge in [0.1, 0.15) is 11.9 Å². The molecule has 1 aromatic rings. The van der Waals surface area contributed by atoms with Crippen LogP contribution in [0.15, 0.2) is 18.2 Å². The Labute approximate surface area is 119 Å². The molecule has 0 aliphatic carbocycles. The summed E-state index contributed by atoms with van der Waals surface area (Å²) in [4.78, 5) is 4.83. The third-order valence-electron chi connectivity index (χ3n) is 4.54. The average molecular weight is 273 g/mol. The Morgan fingerprint density at radius 3 is 2.45 bits per heavy atom. The van der Waals surface area contributed by atoms with E-state index in [0.29, 0.717) is 11.6 Å². The zero-order chi connectivity index (χ0) is 13.9. The number of piperidine rings is 1. The minimum absolute atomic E-state index is 0.336. The average Bonchev–Trinajstić information content (AvgIpc) is 3.01. The van der Waals surface area contributed by atoms with Gasteiger partial charge in [0.05, 0.1) is 11.3 Å². The van der Waals surface area contributed by atoms with Gasteiger partial charge in [-0.05, 0) is 57.0 Å². The maximum Gasteiger partial charge on any atom is 0.124 e. The first-order valence-electron chi connectivity index (χ1n) is 7.46. The first-order chi connectivity index (χ1) is 9.78. The maximum atomic E-state index is 13.2. The van der Waals surface area contributed by atoms with Crippen LogP contribution in [0.2, 0.25) is 0 Å². The van der Waals surface area contributed by atoms with Gasteiger partial charge in [-0.2, -0.15) is 5.26 Å². The van der Waals surface area contributed by atoms with Crippen LogP contribution < -0.4 is 4.90 Å². The van der Waals surface area contributed by atoms with Crippen molar-refractivity contribution in [2.24, 2.45) is 0 Å². The van der Waals surface area contributed by atoms with Gasteiger partial charge in [-0.25, -0.2) is 4.39 Å². The molecular weight excluding hydrogens is 253 g/mol. The molecule has 0 aromatic heterocycles. The van der Waals surface area contributed by atoms with E-state index < -0.39 is 0 Å². The largest absolute Gasteiger partial charge is 0.370 e. The Morgan fingerprint density at radius 2 is 1.80 bits per heavy atom. The highest BCUT2D eigenvalue weighted by Crippen LogP contribution is 2.27. The summed E-state index contributed by atoms with van der Waals surface area (Å²) in [6.07, 6.45) is 4.94. The normalized spacial score (nSPS) is 21.1. The molecule has 0 radical (unpaired) electrons. The number of hydrogen-bond acceptors (Lipinski definition) is 3. The van der Waals surface area contributed by atoms with Crippen molar-refractivity contribution in [1.82, 2.24) is 4.90 Å². The fourth-order valence-corrected chi connectivity index (χ4v) is 3.45. The van der Waals surface area contributed by atoms with E-state index in [-0.39, 0.29) is 5.82 Å². The van der Waals surface area contributed by atoms with Gasteiger partial charge in [-0.15, -0.1) is 0 Å². The molecule has 2 heterocycles. The second kappa shape index (κ2) is 5.80. The lowest BCUT2D eigenvalue weighted by Crippen LogP contribution is -2.44. The van der Waals surface area contributed by atoms with Crippen LogP contribution in [0.5, 0.6) is 0 Å². The summed E-state index contributed by atoms with van der Waals surface area (Å²) in [6.45, 7) is 4.40. The summed E-state index contributed by atoms with van der Waals surface area (Å²) >= 11 is 0. The Morgan fingerprint density at radius 1 is 1.10 bits per heavy atom. The van der Waals surface area contributed by atoms with Gasteiger partial charge < -0.3 is 9.80 Å². The first kappa shape index (κ1) is 13.4. The molecule has 0 spiro atoms. The molecule has 0 saturated carbocycles. The zero-order valence-electron chi connectivity index (χ0n) is 11.7. The van der Waals surface area contributed by atoms with Gasteiger partial charge in [0, 0.05) is 19.1 Å². The zero-order valence-corrected chi connectivity index (χ0v) is 11.7. The number of nitriles is 1. The molecule has 0 bridgehead atoms. The van der Waals surface area contributed by atoms with E-state index in [1.54, 1.807) is 6.07 Å². The number of rotatable bonds is 2. The van der Waals surface area contributed by atoms with Crippen LogP contribution in [0.1, 0.15) is 31.2 Å². The summed E-state index contributed by atoms with van der Waals surface area (Å²) in [5.74, 6) is -0.336. The van der Waals surface area contributed by atoms with Crippen LogP contribution in [0.4, 0.5) is 10.1 Å². The van der Waals surface area contributed by atoms with Gasteiger partial charge in [-0.3, -0.25) is 0 Å². The van der Waals surface area contributed by atoms with E-state index >= 15 is 0 Å². The van der Waals surface area contributed by atoms with Gasteiger partial charge in [0.15, 0.2) is 0 Å². The van der Waals surface area contributed by atoms with E-state index in [2.05, 4.69) is 15.9 Å². The number of anilines is 1. The Kier molecular flexibility index (Phi) is 3.88. The number of hydrogen-bond donors (Lipinski definition) is 0. The van der Waals surface area contributed by atoms with E-state index in [1.165, 1.54) is 38.1 Å². The highest BCUT2D eigenvalue weighted by Gasteiger charge is 2.27.